The molecule has 3 aliphatic rings. The average molecular weight is 502 g/mol. The lowest BCUT2D eigenvalue weighted by molar-refractivity contribution is 0.0266. The topological polar surface area (TPSA) is 144 Å². The van der Waals surface area contributed by atoms with Crippen LogP contribution in [0.15, 0.2) is 17.1 Å². The van der Waals surface area contributed by atoms with Gasteiger partial charge < -0.3 is 15.3 Å². The van der Waals surface area contributed by atoms with Crippen molar-refractivity contribution in [2.45, 2.75) is 62.0 Å². The van der Waals surface area contributed by atoms with E-state index in [1.54, 1.807) is 17.4 Å². The van der Waals surface area contributed by atoms with E-state index in [4.69, 9.17) is 0 Å². The summed E-state index contributed by atoms with van der Waals surface area (Å²) in [6.45, 7) is 3.75. The molecule has 1 saturated carbocycles. The molecule has 2 aromatic rings. The normalized spacial score (nSPS) is 27.1. The molecule has 5 rings (SSSR count). The smallest absolute Gasteiger partial charge is 0.270 e. The molecular formula is C23H31N7O4S. The Morgan fingerprint density at radius 1 is 1.26 bits per heavy atom. The van der Waals surface area contributed by atoms with Gasteiger partial charge in [-0.15, -0.1) is 0 Å². The van der Waals surface area contributed by atoms with Gasteiger partial charge in [-0.25, -0.2) is 17.7 Å². The highest BCUT2D eigenvalue weighted by molar-refractivity contribution is 7.89. The van der Waals surface area contributed by atoms with E-state index in [9.17, 15) is 23.6 Å². The molecule has 0 unspecified atom stereocenters. The van der Waals surface area contributed by atoms with Crippen LogP contribution in [0.4, 0.5) is 5.95 Å². The molecule has 2 N–H and O–H groups in total. The van der Waals surface area contributed by atoms with Crippen molar-refractivity contribution in [3.05, 3.63) is 28.2 Å². The summed E-state index contributed by atoms with van der Waals surface area (Å²) < 4.78 is 28.7. The number of nitriles is 1. The van der Waals surface area contributed by atoms with E-state index in [2.05, 4.69) is 15.3 Å². The number of anilines is 1. The van der Waals surface area contributed by atoms with Crippen LogP contribution in [-0.2, 0) is 10.0 Å². The Labute approximate surface area is 204 Å². The number of piperidine rings is 1. The lowest BCUT2D eigenvalue weighted by Crippen LogP contribution is -2.58. The molecule has 12 heteroatoms. The highest BCUT2D eigenvalue weighted by Gasteiger charge is 2.41. The van der Waals surface area contributed by atoms with Gasteiger partial charge in [0.25, 0.3) is 5.56 Å². The van der Waals surface area contributed by atoms with E-state index in [1.165, 1.54) is 10.6 Å². The van der Waals surface area contributed by atoms with Crippen LogP contribution in [0, 0.1) is 11.3 Å². The lowest BCUT2D eigenvalue weighted by Gasteiger charge is -2.40. The summed E-state index contributed by atoms with van der Waals surface area (Å²) in [5.41, 5.74) is -1.16. The second-order valence-electron chi connectivity index (χ2n) is 10.3. The lowest BCUT2D eigenvalue weighted by atomic mass is 9.99. The van der Waals surface area contributed by atoms with Gasteiger partial charge >= 0.3 is 0 Å². The highest BCUT2D eigenvalue weighted by atomic mass is 32.2. The zero-order valence-corrected chi connectivity index (χ0v) is 20.8. The minimum absolute atomic E-state index is 0.00361. The van der Waals surface area contributed by atoms with Gasteiger partial charge in [-0.3, -0.25) is 9.36 Å². The molecule has 0 radical (unpaired) electrons. The van der Waals surface area contributed by atoms with Crippen LogP contribution >= 0.6 is 0 Å². The summed E-state index contributed by atoms with van der Waals surface area (Å²) in [7, 11) is -1.36. The number of hydrogen-bond acceptors (Lipinski definition) is 9. The Balaban J connectivity index is 1.37. The molecule has 35 heavy (non-hydrogen) atoms. The molecule has 0 bridgehead atoms. The van der Waals surface area contributed by atoms with Crippen molar-refractivity contribution < 1.29 is 13.5 Å². The van der Waals surface area contributed by atoms with Gasteiger partial charge in [0, 0.05) is 43.8 Å². The average Bonchev–Trinajstić information content (AvgIpc) is 3.15. The molecule has 11 nitrogen and oxygen atoms in total. The van der Waals surface area contributed by atoms with Gasteiger partial charge in [0.15, 0.2) is 0 Å². The van der Waals surface area contributed by atoms with Crippen LogP contribution in [0.3, 0.4) is 0 Å². The molecule has 3 fully saturated rings. The third-order valence-electron chi connectivity index (χ3n) is 7.68. The van der Waals surface area contributed by atoms with Gasteiger partial charge in [-0.2, -0.15) is 10.2 Å². The van der Waals surface area contributed by atoms with E-state index in [-0.39, 0.29) is 16.9 Å². The van der Waals surface area contributed by atoms with E-state index < -0.39 is 27.2 Å². The molecule has 0 aromatic carbocycles. The summed E-state index contributed by atoms with van der Waals surface area (Å²) in [5, 5.41) is 23.9. The second-order valence-corrected chi connectivity index (χ2v) is 12.5. The van der Waals surface area contributed by atoms with Crippen molar-refractivity contribution in [1.29, 1.82) is 5.26 Å². The minimum atomic E-state index is -3.28. The first-order valence-corrected chi connectivity index (χ1v) is 13.6. The first kappa shape index (κ1) is 24.1. The number of nitrogens with one attached hydrogen (secondary N) is 1. The van der Waals surface area contributed by atoms with Gasteiger partial charge in [-0.05, 0) is 52.1 Å². The number of likely N-dealkylation sites (tertiary alicyclic amines) is 1. The molecule has 1 aliphatic carbocycles. The zero-order chi connectivity index (χ0) is 25.0. The molecule has 2 atom stereocenters. The fraction of sp³-hybridized carbons (Fsp3) is 0.652. The summed E-state index contributed by atoms with van der Waals surface area (Å²) in [6.07, 6.45) is 4.79. The molecular weight excluding hydrogens is 470 g/mol. The third-order valence-corrected chi connectivity index (χ3v) is 9.91. The molecule has 188 valence electrons. The van der Waals surface area contributed by atoms with Crippen LogP contribution in [0.1, 0.15) is 50.6 Å². The van der Waals surface area contributed by atoms with E-state index in [1.807, 2.05) is 18.0 Å². The monoisotopic (exact) mass is 501 g/mol. The Hall–Kier alpha value is -2.59. The van der Waals surface area contributed by atoms with E-state index in [0.29, 0.717) is 68.8 Å². The first-order chi connectivity index (χ1) is 16.6. The Morgan fingerprint density at radius 3 is 2.57 bits per heavy atom. The molecule has 0 spiro atoms. The van der Waals surface area contributed by atoms with Crippen molar-refractivity contribution in [1.82, 2.24) is 23.7 Å². The predicted molar refractivity (Wildman–Crippen MR) is 130 cm³/mol. The summed E-state index contributed by atoms with van der Waals surface area (Å²) in [4.78, 5) is 24.1. The van der Waals surface area contributed by atoms with Crippen molar-refractivity contribution in [2.24, 2.45) is 0 Å². The first-order valence-electron chi connectivity index (χ1n) is 12.1. The third kappa shape index (κ3) is 4.31. The zero-order valence-electron chi connectivity index (χ0n) is 20.0. The van der Waals surface area contributed by atoms with Crippen LogP contribution in [0.2, 0.25) is 0 Å². The summed E-state index contributed by atoms with van der Waals surface area (Å²) in [6, 6.07) is 2.96. The second kappa shape index (κ2) is 8.81. The highest BCUT2D eigenvalue weighted by Crippen LogP contribution is 2.39. The number of aromatic nitrogens is 3. The van der Waals surface area contributed by atoms with Gasteiger partial charge in [-0.1, -0.05) is 0 Å². The van der Waals surface area contributed by atoms with Gasteiger partial charge in [0.2, 0.25) is 16.0 Å². The molecule has 0 amide bonds. The van der Waals surface area contributed by atoms with E-state index in [0.717, 1.165) is 6.42 Å². The fourth-order valence-electron chi connectivity index (χ4n) is 5.58. The number of aliphatic hydroxyl groups is 1. The maximum Gasteiger partial charge on any atom is 0.270 e. The van der Waals surface area contributed by atoms with Crippen LogP contribution in [0.25, 0.3) is 11.0 Å². The van der Waals surface area contributed by atoms with Crippen LogP contribution in [-0.4, -0.2) is 87.4 Å². The number of sulfonamides is 1. The maximum atomic E-state index is 13.1. The number of fused-ring (bicyclic) bond motifs is 1. The van der Waals surface area contributed by atoms with Gasteiger partial charge in [0.05, 0.1) is 11.6 Å². The molecule has 2 aromatic heterocycles. The number of hydrogen-bond donors (Lipinski definition) is 2. The molecule has 2 aliphatic heterocycles. The fourth-order valence-corrected chi connectivity index (χ4v) is 7.60. The largest absolute Gasteiger partial charge is 0.388 e. The standard InChI is InChI=1S/C23H31N7O4S/c1-23(32)7-3-4-19(23)30-20-16(10-15(11-24)21(30)31)12-25-22(27-20)26-17-5-8-29(9-6-17)35(33,34)18-13-28(2)14-18/h10,12,17-19,32H,3-9,13-14H2,1-2H3,(H,25,26,27)/t19-,23-/m1/s1. The van der Waals surface area contributed by atoms with Crippen molar-refractivity contribution >= 4 is 27.0 Å². The maximum absolute atomic E-state index is 13.1. The summed E-state index contributed by atoms with van der Waals surface area (Å²) in [5.74, 6) is 0.343. The molecule has 4 heterocycles. The Bertz CT molecular complexity index is 1340. The van der Waals surface area contributed by atoms with Crippen molar-refractivity contribution in [3.8, 4) is 6.07 Å². The van der Waals surface area contributed by atoms with Gasteiger partial charge in [0.1, 0.15) is 22.5 Å². The summed E-state index contributed by atoms with van der Waals surface area (Å²) >= 11 is 0. The minimum Gasteiger partial charge on any atom is -0.388 e. The van der Waals surface area contributed by atoms with Crippen molar-refractivity contribution in [3.63, 3.8) is 0 Å². The van der Waals surface area contributed by atoms with Crippen LogP contribution < -0.4 is 10.9 Å². The van der Waals surface area contributed by atoms with Crippen LogP contribution in [0.5, 0.6) is 0 Å². The van der Waals surface area contributed by atoms with Crippen molar-refractivity contribution in [2.75, 3.05) is 38.5 Å². The Kier molecular flexibility index (Phi) is 6.07. The number of rotatable bonds is 5. The number of pyridine rings is 1. The molecule has 2 saturated heterocycles. The Morgan fingerprint density at radius 2 is 1.97 bits per heavy atom. The van der Waals surface area contributed by atoms with E-state index >= 15 is 0 Å². The SMILES string of the molecule is CN1CC(S(=O)(=O)N2CCC(Nc3ncc4cc(C#N)c(=O)n([C@@H]5CCC[C@@]5(C)O)c4n3)CC2)C1. The predicted octanol–water partition coefficient (Wildman–Crippen LogP) is 0.659. The quantitative estimate of drug-likeness (QED) is 0.603. The number of nitrogens with zero attached hydrogens (tertiary/aromatic N) is 6.